The molecule has 0 saturated carbocycles. The molecule has 178 valence electrons. The molecule has 4 heterocycles. The molecule has 10 heteroatoms. The third kappa shape index (κ3) is 3.35. The molecule has 2 atom stereocenters. The van der Waals surface area contributed by atoms with E-state index in [1.54, 1.807) is 36.3 Å². The number of carbonyl (C=O) groups excluding carboxylic acids is 1. The first-order valence-electron chi connectivity index (χ1n) is 11.4. The lowest BCUT2D eigenvalue weighted by Gasteiger charge is -2.45. The van der Waals surface area contributed by atoms with Crippen molar-refractivity contribution >= 4 is 5.91 Å². The van der Waals surface area contributed by atoms with Gasteiger partial charge >= 0.3 is 0 Å². The maximum absolute atomic E-state index is 14.0. The molecule has 0 aliphatic carbocycles. The Morgan fingerprint density at radius 1 is 1.03 bits per heavy atom. The van der Waals surface area contributed by atoms with Gasteiger partial charge in [0, 0.05) is 24.2 Å². The number of carbonyl (C=O) groups is 1. The number of aryl methyl sites for hydroxylation is 1. The van der Waals surface area contributed by atoms with Crippen molar-refractivity contribution in [3.05, 3.63) is 83.1 Å². The molecule has 0 spiro atoms. The number of nitrogens with zero attached hydrogens (tertiary/aromatic N) is 6. The zero-order chi connectivity index (χ0) is 24.3. The van der Waals surface area contributed by atoms with Gasteiger partial charge in [0.05, 0.1) is 41.1 Å². The minimum atomic E-state index is -1.50. The lowest BCUT2D eigenvalue weighted by atomic mass is 9.81. The number of amides is 1. The van der Waals surface area contributed by atoms with Crippen LogP contribution >= 0.6 is 0 Å². The van der Waals surface area contributed by atoms with Crippen molar-refractivity contribution in [1.82, 2.24) is 29.7 Å². The summed E-state index contributed by atoms with van der Waals surface area (Å²) in [6.07, 6.45) is 6.06. The summed E-state index contributed by atoms with van der Waals surface area (Å²) in [5.41, 5.74) is 3.41. The van der Waals surface area contributed by atoms with Gasteiger partial charge in [-0.25, -0.2) is 13.2 Å². The molecule has 7 nitrogen and oxygen atoms in total. The number of fused-ring (bicyclic) bond motifs is 4. The third-order valence-electron chi connectivity index (χ3n) is 6.94. The molecule has 35 heavy (non-hydrogen) atoms. The van der Waals surface area contributed by atoms with E-state index in [2.05, 4.69) is 15.3 Å². The van der Waals surface area contributed by atoms with E-state index >= 15 is 0 Å². The standard InChI is InChI=1S/C25H21F3N6O/c1-32-24(14-11-18(26)22(28)19(27)12-14)17-13-15-5-4-8-21(23(17)31-32)33(15)25(35)16-6-2-3-7-20(16)34-29-9-10-30-34/h2-3,6-7,9-12,15,21H,4-5,8,13H2,1H3/t15-,21-/m1/s1. The predicted molar refractivity (Wildman–Crippen MR) is 120 cm³/mol. The lowest BCUT2D eigenvalue weighted by molar-refractivity contribution is 0.0391. The highest BCUT2D eigenvalue weighted by Gasteiger charge is 2.44. The van der Waals surface area contributed by atoms with Crippen molar-refractivity contribution in [1.29, 1.82) is 0 Å². The van der Waals surface area contributed by atoms with Crippen LogP contribution in [0, 0.1) is 17.5 Å². The first-order valence-corrected chi connectivity index (χ1v) is 11.4. The number of hydrogen-bond acceptors (Lipinski definition) is 4. The van der Waals surface area contributed by atoms with Crippen LogP contribution in [0.15, 0.2) is 48.8 Å². The Morgan fingerprint density at radius 2 is 1.74 bits per heavy atom. The van der Waals surface area contributed by atoms with Crippen LogP contribution in [0.2, 0.25) is 0 Å². The summed E-state index contributed by atoms with van der Waals surface area (Å²) in [5.74, 6) is -4.12. The minimum absolute atomic E-state index is 0.106. The Labute approximate surface area is 198 Å². The number of rotatable bonds is 3. The van der Waals surface area contributed by atoms with E-state index in [1.807, 2.05) is 17.0 Å². The first-order chi connectivity index (χ1) is 16.9. The smallest absolute Gasteiger partial charge is 0.256 e. The Hall–Kier alpha value is -3.95. The molecule has 1 fully saturated rings. The average Bonchev–Trinajstić information content (AvgIpc) is 3.49. The van der Waals surface area contributed by atoms with Gasteiger partial charge in [-0.15, -0.1) is 0 Å². The maximum atomic E-state index is 14.0. The summed E-state index contributed by atoms with van der Waals surface area (Å²) < 4.78 is 43.2. The molecule has 1 amide bonds. The molecule has 0 radical (unpaired) electrons. The molecule has 2 aromatic carbocycles. The molecule has 0 N–H and O–H groups in total. The fraction of sp³-hybridized carbons (Fsp3) is 0.280. The highest BCUT2D eigenvalue weighted by Crippen LogP contribution is 2.45. The van der Waals surface area contributed by atoms with Gasteiger partial charge in [-0.2, -0.15) is 20.1 Å². The van der Waals surface area contributed by atoms with E-state index in [9.17, 15) is 18.0 Å². The Kier molecular flexibility index (Phi) is 4.98. The molecule has 2 bridgehead atoms. The monoisotopic (exact) mass is 478 g/mol. The summed E-state index contributed by atoms with van der Waals surface area (Å²) in [6, 6.07) is 8.81. The van der Waals surface area contributed by atoms with Gasteiger partial charge < -0.3 is 4.90 Å². The van der Waals surface area contributed by atoms with Gasteiger partial charge in [0.15, 0.2) is 17.5 Å². The Balaban J connectivity index is 1.44. The van der Waals surface area contributed by atoms with Gasteiger partial charge in [-0.1, -0.05) is 12.1 Å². The van der Waals surface area contributed by atoms with Crippen LogP contribution in [-0.2, 0) is 13.5 Å². The van der Waals surface area contributed by atoms with Crippen LogP contribution in [0.3, 0.4) is 0 Å². The number of piperidine rings is 1. The van der Waals surface area contributed by atoms with E-state index in [0.717, 1.165) is 37.0 Å². The zero-order valence-corrected chi connectivity index (χ0v) is 18.8. The zero-order valence-electron chi connectivity index (χ0n) is 18.8. The Bertz CT molecular complexity index is 1420. The molecular formula is C25H21F3N6O. The minimum Gasteiger partial charge on any atom is -0.327 e. The average molecular weight is 478 g/mol. The van der Waals surface area contributed by atoms with E-state index in [4.69, 9.17) is 0 Å². The number of benzene rings is 2. The summed E-state index contributed by atoms with van der Waals surface area (Å²) in [4.78, 5) is 17.2. The van der Waals surface area contributed by atoms with E-state index in [0.29, 0.717) is 29.1 Å². The van der Waals surface area contributed by atoms with Crippen LogP contribution in [0.4, 0.5) is 13.2 Å². The summed E-state index contributed by atoms with van der Waals surface area (Å²) >= 11 is 0. The summed E-state index contributed by atoms with van der Waals surface area (Å²) in [5, 5.41) is 13.0. The van der Waals surface area contributed by atoms with Crippen LogP contribution in [0.1, 0.15) is 46.9 Å². The lowest BCUT2D eigenvalue weighted by Crippen LogP contribution is -2.50. The quantitative estimate of drug-likeness (QED) is 0.410. The second-order valence-corrected chi connectivity index (χ2v) is 8.94. The van der Waals surface area contributed by atoms with Crippen LogP contribution in [0.5, 0.6) is 0 Å². The molecule has 0 unspecified atom stereocenters. The molecule has 2 aromatic heterocycles. The highest BCUT2D eigenvalue weighted by molar-refractivity contribution is 5.98. The molecule has 2 aliphatic rings. The van der Waals surface area contributed by atoms with E-state index in [-0.39, 0.29) is 23.6 Å². The third-order valence-corrected chi connectivity index (χ3v) is 6.94. The van der Waals surface area contributed by atoms with Crippen LogP contribution < -0.4 is 0 Å². The molecule has 1 saturated heterocycles. The number of halogens is 3. The van der Waals surface area contributed by atoms with Crippen LogP contribution in [0.25, 0.3) is 16.9 Å². The molecular weight excluding hydrogens is 457 g/mol. The fourth-order valence-electron chi connectivity index (χ4n) is 5.51. The Morgan fingerprint density at radius 3 is 2.49 bits per heavy atom. The second kappa shape index (κ2) is 8.07. The van der Waals surface area contributed by atoms with Crippen molar-refractivity contribution < 1.29 is 18.0 Å². The van der Waals surface area contributed by atoms with E-state index in [1.165, 1.54) is 4.80 Å². The van der Waals surface area contributed by atoms with Gasteiger partial charge in [0.2, 0.25) is 0 Å². The molecule has 2 aliphatic heterocycles. The van der Waals surface area contributed by atoms with Gasteiger partial charge in [-0.05, 0) is 49.9 Å². The van der Waals surface area contributed by atoms with Crippen molar-refractivity contribution in [3.8, 4) is 16.9 Å². The van der Waals surface area contributed by atoms with Gasteiger partial charge in [0.1, 0.15) is 0 Å². The fourth-order valence-corrected chi connectivity index (χ4v) is 5.51. The predicted octanol–water partition coefficient (Wildman–Crippen LogP) is 4.38. The second-order valence-electron chi connectivity index (χ2n) is 8.94. The van der Waals surface area contributed by atoms with Crippen molar-refractivity contribution in [2.45, 2.75) is 37.8 Å². The number of para-hydroxylation sites is 1. The number of hydrogen-bond donors (Lipinski definition) is 0. The number of aromatic nitrogens is 5. The van der Waals surface area contributed by atoms with Crippen molar-refractivity contribution in [2.24, 2.45) is 7.05 Å². The van der Waals surface area contributed by atoms with Crippen molar-refractivity contribution in [3.63, 3.8) is 0 Å². The topological polar surface area (TPSA) is 68.8 Å². The SMILES string of the molecule is Cn1nc2c(c1-c1cc(F)c(F)c(F)c1)C[C@H]1CCC[C@H]2N1C(=O)c1ccccc1-n1nccn1. The highest BCUT2D eigenvalue weighted by atomic mass is 19.2. The molecule has 6 rings (SSSR count). The first kappa shape index (κ1) is 21.6. The van der Waals surface area contributed by atoms with E-state index < -0.39 is 17.5 Å². The van der Waals surface area contributed by atoms with Crippen LogP contribution in [-0.4, -0.2) is 41.6 Å². The van der Waals surface area contributed by atoms with Gasteiger partial charge in [-0.3, -0.25) is 9.48 Å². The largest absolute Gasteiger partial charge is 0.327 e. The van der Waals surface area contributed by atoms with Crippen molar-refractivity contribution in [2.75, 3.05) is 0 Å². The maximum Gasteiger partial charge on any atom is 0.256 e. The molecule has 4 aromatic rings. The normalized spacial score (nSPS) is 19.0. The van der Waals surface area contributed by atoms with Gasteiger partial charge in [0.25, 0.3) is 5.91 Å². The summed E-state index contributed by atoms with van der Waals surface area (Å²) in [7, 11) is 1.70. The summed E-state index contributed by atoms with van der Waals surface area (Å²) in [6.45, 7) is 0.